The Morgan fingerprint density at radius 3 is 2.76 bits per heavy atom. The van der Waals surface area contributed by atoms with Gasteiger partial charge in [-0.1, -0.05) is 36.4 Å². The molecule has 5 heteroatoms. The number of piperidine rings is 1. The molecule has 174 valence electrons. The van der Waals surface area contributed by atoms with Crippen molar-refractivity contribution in [3.63, 3.8) is 0 Å². The number of fused-ring (bicyclic) bond motifs is 1. The van der Waals surface area contributed by atoms with Gasteiger partial charge in [-0.25, -0.2) is 0 Å². The van der Waals surface area contributed by atoms with E-state index in [2.05, 4.69) is 22.3 Å². The fourth-order valence-corrected chi connectivity index (χ4v) is 7.06. The van der Waals surface area contributed by atoms with E-state index in [4.69, 9.17) is 4.74 Å². The molecule has 0 aromatic heterocycles. The number of benzene rings is 2. The first-order valence-corrected chi connectivity index (χ1v) is 12.5. The molecule has 2 aromatic rings. The Labute approximate surface area is 196 Å². The van der Waals surface area contributed by atoms with E-state index in [1.807, 2.05) is 36.4 Å². The first-order valence-electron chi connectivity index (χ1n) is 12.5. The molecular formula is C28H34N2O3. The highest BCUT2D eigenvalue weighted by Crippen LogP contribution is 2.62. The normalized spacial score (nSPS) is 32.7. The van der Waals surface area contributed by atoms with Crippen LogP contribution in [-0.4, -0.2) is 47.8 Å². The van der Waals surface area contributed by atoms with Gasteiger partial charge < -0.3 is 15.2 Å². The van der Waals surface area contributed by atoms with Crippen molar-refractivity contribution >= 4 is 5.91 Å². The van der Waals surface area contributed by atoms with Gasteiger partial charge in [0.25, 0.3) is 0 Å². The van der Waals surface area contributed by atoms with Gasteiger partial charge in [0.15, 0.2) is 0 Å². The molecule has 3 aliphatic carbocycles. The van der Waals surface area contributed by atoms with E-state index >= 15 is 0 Å². The maximum Gasteiger partial charge on any atom is 0.223 e. The number of nitrogens with zero attached hydrogens (tertiary/aromatic N) is 1. The number of rotatable bonds is 6. The lowest BCUT2D eigenvalue weighted by Gasteiger charge is -2.59. The van der Waals surface area contributed by atoms with E-state index in [9.17, 15) is 9.90 Å². The number of ether oxygens (including phenoxy) is 1. The second kappa shape index (κ2) is 7.85. The number of hydrogen-bond donors (Lipinski definition) is 2. The van der Waals surface area contributed by atoms with Crippen LogP contribution in [0.15, 0.2) is 48.5 Å². The summed E-state index contributed by atoms with van der Waals surface area (Å²) in [6.45, 7) is 2.61. The second-order valence-corrected chi connectivity index (χ2v) is 10.7. The quantitative estimate of drug-likeness (QED) is 0.714. The molecule has 33 heavy (non-hydrogen) atoms. The van der Waals surface area contributed by atoms with E-state index in [0.29, 0.717) is 19.4 Å². The summed E-state index contributed by atoms with van der Waals surface area (Å²) in [4.78, 5) is 15.9. The summed E-state index contributed by atoms with van der Waals surface area (Å²) in [6, 6.07) is 16.5. The maximum absolute atomic E-state index is 13.3. The van der Waals surface area contributed by atoms with Crippen molar-refractivity contribution in [1.29, 1.82) is 0 Å². The minimum atomic E-state index is -0.881. The topological polar surface area (TPSA) is 61.8 Å². The zero-order valence-electron chi connectivity index (χ0n) is 19.4. The molecule has 0 spiro atoms. The summed E-state index contributed by atoms with van der Waals surface area (Å²) in [5, 5.41) is 15.6. The molecule has 6 rings (SSSR count). The van der Waals surface area contributed by atoms with Crippen molar-refractivity contribution in [2.24, 2.45) is 11.8 Å². The van der Waals surface area contributed by atoms with Crippen LogP contribution in [0.25, 0.3) is 0 Å². The van der Waals surface area contributed by atoms with Crippen molar-refractivity contribution < 1.29 is 14.6 Å². The number of nitrogens with one attached hydrogen (secondary N) is 1. The van der Waals surface area contributed by atoms with Crippen LogP contribution in [0.4, 0.5) is 0 Å². The van der Waals surface area contributed by atoms with Crippen LogP contribution in [0, 0.1) is 11.8 Å². The first-order chi connectivity index (χ1) is 16.0. The smallest absolute Gasteiger partial charge is 0.223 e. The maximum atomic E-state index is 13.3. The molecule has 1 amide bonds. The fraction of sp³-hybridized carbons (Fsp3) is 0.536. The molecule has 2 saturated carbocycles. The molecule has 2 bridgehead atoms. The third-order valence-electron chi connectivity index (χ3n) is 8.91. The molecule has 0 radical (unpaired) electrons. The number of amides is 1. The third kappa shape index (κ3) is 3.39. The number of hydrogen-bond acceptors (Lipinski definition) is 4. The van der Waals surface area contributed by atoms with Crippen molar-refractivity contribution in [1.82, 2.24) is 10.2 Å². The molecule has 1 saturated heterocycles. The number of carbonyl (C=O) groups excluding carboxylic acids is 1. The number of aliphatic hydroxyl groups is 1. The van der Waals surface area contributed by atoms with Gasteiger partial charge >= 0.3 is 0 Å². The molecule has 3 fully saturated rings. The van der Waals surface area contributed by atoms with Gasteiger partial charge in [0.1, 0.15) is 5.75 Å². The van der Waals surface area contributed by atoms with Crippen LogP contribution in [0.1, 0.15) is 48.8 Å². The zero-order valence-corrected chi connectivity index (χ0v) is 19.4. The zero-order chi connectivity index (χ0) is 22.6. The largest absolute Gasteiger partial charge is 0.497 e. The van der Waals surface area contributed by atoms with Gasteiger partial charge in [0.2, 0.25) is 5.91 Å². The van der Waals surface area contributed by atoms with Crippen LogP contribution in [0.5, 0.6) is 5.75 Å². The Hall–Kier alpha value is -2.37. The van der Waals surface area contributed by atoms with Crippen molar-refractivity contribution in [3.05, 3.63) is 65.2 Å². The second-order valence-electron chi connectivity index (χ2n) is 10.7. The lowest BCUT2D eigenvalue weighted by atomic mass is 9.56. The molecule has 4 atom stereocenters. The summed E-state index contributed by atoms with van der Waals surface area (Å²) in [7, 11) is 1.70. The van der Waals surface area contributed by atoms with Crippen LogP contribution < -0.4 is 10.1 Å². The Bertz CT molecular complexity index is 1050. The van der Waals surface area contributed by atoms with E-state index < -0.39 is 5.60 Å². The average Bonchev–Trinajstić information content (AvgIpc) is 3.58. The van der Waals surface area contributed by atoms with E-state index in [1.54, 1.807) is 7.11 Å². The van der Waals surface area contributed by atoms with Crippen LogP contribution >= 0.6 is 0 Å². The summed E-state index contributed by atoms with van der Waals surface area (Å²) in [6.07, 6.45) is 5.61. The Morgan fingerprint density at radius 1 is 1.18 bits per heavy atom. The van der Waals surface area contributed by atoms with Gasteiger partial charge in [0.05, 0.1) is 12.7 Å². The van der Waals surface area contributed by atoms with Gasteiger partial charge in [-0.2, -0.15) is 0 Å². The highest BCUT2D eigenvalue weighted by molar-refractivity contribution is 5.80. The van der Waals surface area contributed by atoms with E-state index in [1.165, 1.54) is 24.0 Å². The SMILES string of the molecule is COc1ccc2c(c1)[C@]13CCN(CC4CC4)[C@H](C2)[C@]1(O)CC(C(=O)NCc1ccccc1)C3. The van der Waals surface area contributed by atoms with Crippen LogP contribution in [-0.2, 0) is 23.2 Å². The van der Waals surface area contributed by atoms with Crippen LogP contribution in [0.3, 0.4) is 0 Å². The molecule has 2 N–H and O–H groups in total. The van der Waals surface area contributed by atoms with Crippen molar-refractivity contribution in [2.45, 2.75) is 62.1 Å². The Morgan fingerprint density at radius 2 is 2.00 bits per heavy atom. The minimum Gasteiger partial charge on any atom is -0.497 e. The molecule has 1 aliphatic heterocycles. The minimum absolute atomic E-state index is 0.0693. The predicted molar refractivity (Wildman–Crippen MR) is 127 cm³/mol. The average molecular weight is 447 g/mol. The molecule has 4 aliphatic rings. The van der Waals surface area contributed by atoms with Gasteiger partial charge in [-0.05, 0) is 79.8 Å². The Balaban J connectivity index is 1.32. The summed E-state index contributed by atoms with van der Waals surface area (Å²) in [5.41, 5.74) is 2.37. The van der Waals surface area contributed by atoms with Crippen LogP contribution in [0.2, 0.25) is 0 Å². The highest BCUT2D eigenvalue weighted by Gasteiger charge is 2.68. The lowest BCUT2D eigenvalue weighted by molar-refractivity contribution is -0.134. The lowest BCUT2D eigenvalue weighted by Crippen LogP contribution is -2.69. The van der Waals surface area contributed by atoms with E-state index in [-0.39, 0.29) is 23.3 Å². The predicted octanol–water partition coefficient (Wildman–Crippen LogP) is 3.43. The summed E-state index contributed by atoms with van der Waals surface area (Å²) < 4.78 is 5.57. The summed E-state index contributed by atoms with van der Waals surface area (Å²) >= 11 is 0. The van der Waals surface area contributed by atoms with E-state index in [0.717, 1.165) is 43.2 Å². The number of carbonyl (C=O) groups is 1. The highest BCUT2D eigenvalue weighted by atomic mass is 16.5. The molecule has 1 unspecified atom stereocenters. The standard InChI is InChI=1S/C28H34N2O3/c1-33-23-10-9-21-13-25-28(32)16-22(26(31)29-17-19-5-3-2-4-6-19)15-27(28,24(21)14-23)11-12-30(25)18-20-7-8-20/h2-6,9-10,14,20,22,25,32H,7-8,11-13,15-18H2,1H3,(H,29,31)/t22?,25-,27-,28-/m1/s1. The number of likely N-dealkylation sites (tertiary alicyclic amines) is 1. The Kier molecular flexibility index (Phi) is 5.04. The number of methoxy groups -OCH3 is 1. The van der Waals surface area contributed by atoms with Crippen molar-refractivity contribution in [3.8, 4) is 5.75 Å². The first kappa shape index (κ1) is 21.2. The van der Waals surface area contributed by atoms with Gasteiger partial charge in [-0.15, -0.1) is 0 Å². The van der Waals surface area contributed by atoms with Crippen molar-refractivity contribution in [2.75, 3.05) is 20.2 Å². The monoisotopic (exact) mass is 446 g/mol. The fourth-order valence-electron chi connectivity index (χ4n) is 7.06. The summed E-state index contributed by atoms with van der Waals surface area (Å²) in [5.74, 6) is 1.50. The van der Waals surface area contributed by atoms with Gasteiger partial charge in [0, 0.05) is 30.5 Å². The van der Waals surface area contributed by atoms with Gasteiger partial charge in [-0.3, -0.25) is 9.69 Å². The molecule has 5 nitrogen and oxygen atoms in total. The molecule has 2 aromatic carbocycles. The third-order valence-corrected chi connectivity index (χ3v) is 8.91. The molecular weight excluding hydrogens is 412 g/mol. The molecule has 1 heterocycles.